The minimum atomic E-state index is -0.254. The molecule has 1 aromatic carbocycles. The molecule has 7 nitrogen and oxygen atoms in total. The Morgan fingerprint density at radius 1 is 1.11 bits per heavy atom. The smallest absolute Gasteiger partial charge is 0.228 e. The van der Waals surface area contributed by atoms with Crippen molar-refractivity contribution in [1.82, 2.24) is 9.80 Å². The number of rotatable bonds is 6. The zero-order chi connectivity index (χ0) is 20.3. The van der Waals surface area contributed by atoms with E-state index in [9.17, 15) is 9.59 Å². The van der Waals surface area contributed by atoms with E-state index in [4.69, 9.17) is 14.2 Å². The van der Waals surface area contributed by atoms with Gasteiger partial charge in [0.05, 0.1) is 32.3 Å². The highest BCUT2D eigenvalue weighted by atomic mass is 16.5. The molecule has 7 heteroatoms. The first-order valence-corrected chi connectivity index (χ1v) is 9.84. The fraction of sp³-hybridized carbons (Fsp3) is 0.619. The summed E-state index contributed by atoms with van der Waals surface area (Å²) < 4.78 is 16.3. The molecule has 1 aromatic rings. The highest BCUT2D eigenvalue weighted by molar-refractivity contribution is 5.89. The fourth-order valence-corrected chi connectivity index (χ4v) is 4.07. The number of ether oxygens (including phenoxy) is 3. The number of benzene rings is 1. The maximum absolute atomic E-state index is 12.9. The number of morpholine rings is 1. The zero-order valence-corrected chi connectivity index (χ0v) is 17.1. The standard InChI is InChI=1S/C21H30N2O5/c1-14-11-23(12-15(2)28-14)21(25)17-10-20(24)22(13-17)8-7-16-5-6-18(26-3)19(9-16)27-4/h5-6,9,14-15,17H,7-8,10-13H2,1-4H3. The number of carbonyl (C=O) groups is 2. The topological polar surface area (TPSA) is 68.3 Å². The number of amides is 2. The third-order valence-electron chi connectivity index (χ3n) is 5.41. The average Bonchev–Trinajstić information content (AvgIpc) is 3.05. The molecular weight excluding hydrogens is 360 g/mol. The van der Waals surface area contributed by atoms with Gasteiger partial charge in [-0.15, -0.1) is 0 Å². The number of methoxy groups -OCH3 is 2. The van der Waals surface area contributed by atoms with Crippen molar-refractivity contribution in [1.29, 1.82) is 0 Å². The molecule has 2 heterocycles. The Bertz CT molecular complexity index is 713. The molecule has 0 spiro atoms. The predicted molar refractivity (Wildman–Crippen MR) is 105 cm³/mol. The number of hydrogen-bond donors (Lipinski definition) is 0. The van der Waals surface area contributed by atoms with E-state index >= 15 is 0 Å². The van der Waals surface area contributed by atoms with Crippen molar-refractivity contribution >= 4 is 11.8 Å². The number of likely N-dealkylation sites (tertiary alicyclic amines) is 1. The molecule has 2 saturated heterocycles. The second kappa shape index (κ2) is 8.82. The number of carbonyl (C=O) groups excluding carboxylic acids is 2. The van der Waals surface area contributed by atoms with Crippen LogP contribution in [0.15, 0.2) is 18.2 Å². The Hall–Kier alpha value is -2.28. The quantitative estimate of drug-likeness (QED) is 0.740. The van der Waals surface area contributed by atoms with Crippen molar-refractivity contribution in [2.24, 2.45) is 5.92 Å². The Labute approximate surface area is 166 Å². The minimum absolute atomic E-state index is 0.0333. The van der Waals surface area contributed by atoms with E-state index in [1.165, 1.54) is 0 Å². The lowest BCUT2D eigenvalue weighted by molar-refractivity contribution is -0.147. The first-order chi connectivity index (χ1) is 13.4. The van der Waals surface area contributed by atoms with Gasteiger partial charge in [-0.25, -0.2) is 0 Å². The van der Waals surface area contributed by atoms with Crippen LogP contribution in [0.2, 0.25) is 0 Å². The lowest BCUT2D eigenvalue weighted by atomic mass is 10.1. The molecule has 2 amide bonds. The van der Waals surface area contributed by atoms with Gasteiger partial charge >= 0.3 is 0 Å². The van der Waals surface area contributed by atoms with E-state index in [1.54, 1.807) is 19.1 Å². The van der Waals surface area contributed by atoms with E-state index in [0.717, 1.165) is 5.56 Å². The molecule has 3 atom stereocenters. The van der Waals surface area contributed by atoms with Crippen LogP contribution in [0, 0.1) is 5.92 Å². The summed E-state index contributed by atoms with van der Waals surface area (Å²) in [5.74, 6) is 1.23. The predicted octanol–water partition coefficient (Wildman–Crippen LogP) is 1.73. The molecule has 0 saturated carbocycles. The molecule has 3 unspecified atom stereocenters. The Balaban J connectivity index is 1.57. The highest BCUT2D eigenvalue weighted by Gasteiger charge is 2.38. The van der Waals surface area contributed by atoms with Crippen molar-refractivity contribution in [3.8, 4) is 11.5 Å². The highest BCUT2D eigenvalue weighted by Crippen LogP contribution is 2.28. The SMILES string of the molecule is COc1ccc(CCN2CC(C(=O)N3CC(C)OC(C)C3)CC2=O)cc1OC. The lowest BCUT2D eigenvalue weighted by Gasteiger charge is -2.36. The van der Waals surface area contributed by atoms with E-state index in [1.807, 2.05) is 36.9 Å². The van der Waals surface area contributed by atoms with Crippen molar-refractivity contribution in [2.45, 2.75) is 38.9 Å². The summed E-state index contributed by atoms with van der Waals surface area (Å²) in [5, 5.41) is 0. The summed E-state index contributed by atoms with van der Waals surface area (Å²) in [6.45, 7) is 6.23. The van der Waals surface area contributed by atoms with Gasteiger partial charge in [0.25, 0.3) is 0 Å². The van der Waals surface area contributed by atoms with Crippen LogP contribution in [-0.2, 0) is 20.7 Å². The Morgan fingerprint density at radius 2 is 1.79 bits per heavy atom. The monoisotopic (exact) mass is 390 g/mol. The Kier molecular flexibility index (Phi) is 6.44. The van der Waals surface area contributed by atoms with Crippen LogP contribution in [0.5, 0.6) is 11.5 Å². The van der Waals surface area contributed by atoms with Crippen LogP contribution in [0.4, 0.5) is 0 Å². The molecule has 2 aliphatic heterocycles. The maximum Gasteiger partial charge on any atom is 0.228 e. The summed E-state index contributed by atoms with van der Waals surface area (Å²) in [6, 6.07) is 5.77. The largest absolute Gasteiger partial charge is 0.493 e. The third-order valence-corrected chi connectivity index (χ3v) is 5.41. The molecule has 0 bridgehead atoms. The van der Waals surface area contributed by atoms with Crippen LogP contribution < -0.4 is 9.47 Å². The minimum Gasteiger partial charge on any atom is -0.493 e. The first kappa shape index (κ1) is 20.5. The second-order valence-electron chi connectivity index (χ2n) is 7.68. The van der Waals surface area contributed by atoms with Gasteiger partial charge in [0.1, 0.15) is 0 Å². The molecular formula is C21H30N2O5. The molecule has 2 fully saturated rings. The zero-order valence-electron chi connectivity index (χ0n) is 17.1. The molecule has 0 aromatic heterocycles. The van der Waals surface area contributed by atoms with E-state index < -0.39 is 0 Å². The van der Waals surface area contributed by atoms with Crippen molar-refractivity contribution in [3.63, 3.8) is 0 Å². The van der Waals surface area contributed by atoms with E-state index in [2.05, 4.69) is 0 Å². The van der Waals surface area contributed by atoms with Crippen molar-refractivity contribution < 1.29 is 23.8 Å². The molecule has 3 rings (SSSR count). The normalized spacial score (nSPS) is 25.1. The number of hydrogen-bond acceptors (Lipinski definition) is 5. The van der Waals surface area contributed by atoms with Gasteiger partial charge in [0.2, 0.25) is 11.8 Å². The molecule has 154 valence electrons. The van der Waals surface area contributed by atoms with Gasteiger partial charge in [-0.2, -0.15) is 0 Å². The van der Waals surface area contributed by atoms with Gasteiger partial charge < -0.3 is 24.0 Å². The van der Waals surface area contributed by atoms with Gasteiger partial charge in [-0.1, -0.05) is 6.07 Å². The molecule has 0 N–H and O–H groups in total. The van der Waals surface area contributed by atoms with Gasteiger partial charge in [-0.05, 0) is 38.0 Å². The molecule has 0 radical (unpaired) electrons. The summed E-state index contributed by atoms with van der Waals surface area (Å²) >= 11 is 0. The summed E-state index contributed by atoms with van der Waals surface area (Å²) in [7, 11) is 3.21. The summed E-state index contributed by atoms with van der Waals surface area (Å²) in [6.07, 6.45) is 1.07. The van der Waals surface area contributed by atoms with Gasteiger partial charge in [0.15, 0.2) is 11.5 Å². The van der Waals surface area contributed by atoms with Crippen molar-refractivity contribution in [3.05, 3.63) is 23.8 Å². The molecule has 28 heavy (non-hydrogen) atoms. The lowest BCUT2D eigenvalue weighted by Crippen LogP contribution is -2.50. The average molecular weight is 390 g/mol. The van der Waals surface area contributed by atoms with Crippen LogP contribution in [0.1, 0.15) is 25.8 Å². The van der Waals surface area contributed by atoms with Gasteiger partial charge in [0, 0.05) is 32.6 Å². The summed E-state index contributed by atoms with van der Waals surface area (Å²) in [4.78, 5) is 29.0. The van der Waals surface area contributed by atoms with E-state index in [-0.39, 0.29) is 29.9 Å². The number of nitrogens with zero attached hydrogens (tertiary/aromatic N) is 2. The first-order valence-electron chi connectivity index (χ1n) is 9.84. The second-order valence-corrected chi connectivity index (χ2v) is 7.68. The maximum atomic E-state index is 12.9. The van der Waals surface area contributed by atoms with Crippen LogP contribution in [-0.4, -0.2) is 74.2 Å². The van der Waals surface area contributed by atoms with Crippen molar-refractivity contribution in [2.75, 3.05) is 40.4 Å². The fourth-order valence-electron chi connectivity index (χ4n) is 4.07. The summed E-state index contributed by atoms with van der Waals surface area (Å²) in [5.41, 5.74) is 1.07. The van der Waals surface area contributed by atoms with Crippen LogP contribution in [0.3, 0.4) is 0 Å². The van der Waals surface area contributed by atoms with Gasteiger partial charge in [-0.3, -0.25) is 9.59 Å². The molecule has 2 aliphatic rings. The van der Waals surface area contributed by atoms with Crippen LogP contribution in [0.25, 0.3) is 0 Å². The van der Waals surface area contributed by atoms with Crippen LogP contribution >= 0.6 is 0 Å². The molecule has 0 aliphatic carbocycles. The Morgan fingerprint density at radius 3 is 2.43 bits per heavy atom. The van der Waals surface area contributed by atoms with E-state index in [0.29, 0.717) is 50.5 Å². The third kappa shape index (κ3) is 4.58.